The zero-order valence-electron chi connectivity index (χ0n) is 9.25. The van der Waals surface area contributed by atoms with Gasteiger partial charge in [-0.1, -0.05) is 52.5 Å². The van der Waals surface area contributed by atoms with Crippen LogP contribution in [0.2, 0.25) is 20.1 Å². The molecule has 0 unspecified atom stereocenters. The highest BCUT2D eigenvalue weighted by Gasteiger charge is 2.12. The Morgan fingerprint density at radius 1 is 0.842 bits per heavy atom. The number of carbonyl (C=O) groups is 1. The van der Waals surface area contributed by atoms with E-state index in [1.165, 1.54) is 18.2 Å². The van der Waals surface area contributed by atoms with Crippen molar-refractivity contribution in [3.05, 3.63) is 56.0 Å². The molecule has 0 heterocycles. The molecule has 0 spiro atoms. The van der Waals surface area contributed by atoms with E-state index >= 15 is 0 Å². The third-order valence-corrected chi connectivity index (χ3v) is 3.87. The van der Waals surface area contributed by atoms with E-state index < -0.39 is 5.97 Å². The number of hydrogen-bond acceptors (Lipinski definition) is 1. The molecule has 0 aromatic heterocycles. The smallest absolute Gasteiger partial charge is 0.337 e. The Morgan fingerprint density at radius 2 is 1.47 bits per heavy atom. The standard InChI is InChI=1S/C13H6Cl4O2/c14-9-3-6(1-2-7(9)13(18)19)8-4-11(16)12(17)5-10(8)15/h1-5H,(H,18,19). The van der Waals surface area contributed by atoms with Gasteiger partial charge in [0.05, 0.1) is 20.6 Å². The minimum absolute atomic E-state index is 0.0293. The molecule has 0 fully saturated rings. The summed E-state index contributed by atoms with van der Waals surface area (Å²) in [5.74, 6) is -1.09. The molecule has 19 heavy (non-hydrogen) atoms. The van der Waals surface area contributed by atoms with Crippen molar-refractivity contribution < 1.29 is 9.90 Å². The van der Waals surface area contributed by atoms with E-state index in [-0.39, 0.29) is 10.6 Å². The summed E-state index contributed by atoms with van der Waals surface area (Å²) in [6.45, 7) is 0. The van der Waals surface area contributed by atoms with Crippen molar-refractivity contribution in [3.8, 4) is 11.1 Å². The highest BCUT2D eigenvalue weighted by atomic mass is 35.5. The van der Waals surface area contributed by atoms with E-state index in [0.29, 0.717) is 26.2 Å². The fraction of sp³-hybridized carbons (Fsp3) is 0. The lowest BCUT2D eigenvalue weighted by atomic mass is 10.0. The third-order valence-electron chi connectivity index (χ3n) is 2.52. The van der Waals surface area contributed by atoms with Crippen LogP contribution < -0.4 is 0 Å². The SMILES string of the molecule is O=C(O)c1ccc(-c2cc(Cl)c(Cl)cc2Cl)cc1Cl. The molecule has 0 saturated heterocycles. The third kappa shape index (κ3) is 2.98. The summed E-state index contributed by atoms with van der Waals surface area (Å²) in [7, 11) is 0. The second-order valence-electron chi connectivity index (χ2n) is 3.75. The number of hydrogen-bond donors (Lipinski definition) is 1. The first-order chi connectivity index (χ1) is 8.90. The van der Waals surface area contributed by atoms with Gasteiger partial charge in [-0.25, -0.2) is 4.79 Å². The average molecular weight is 336 g/mol. The predicted molar refractivity (Wildman–Crippen MR) is 78.9 cm³/mol. The van der Waals surface area contributed by atoms with Gasteiger partial charge in [0.15, 0.2) is 0 Å². The van der Waals surface area contributed by atoms with E-state index in [4.69, 9.17) is 51.5 Å². The number of carboxylic acids is 1. The Kier molecular flexibility index (Phi) is 4.26. The Balaban J connectivity index is 2.57. The lowest BCUT2D eigenvalue weighted by Crippen LogP contribution is -1.97. The van der Waals surface area contributed by atoms with Gasteiger partial charge in [-0.15, -0.1) is 0 Å². The molecule has 1 N–H and O–H groups in total. The fourth-order valence-corrected chi connectivity index (χ4v) is 2.52. The minimum atomic E-state index is -1.09. The van der Waals surface area contributed by atoms with Crippen molar-refractivity contribution in [2.45, 2.75) is 0 Å². The van der Waals surface area contributed by atoms with Crippen LogP contribution in [0.1, 0.15) is 10.4 Å². The van der Waals surface area contributed by atoms with Crippen LogP contribution in [0.3, 0.4) is 0 Å². The van der Waals surface area contributed by atoms with E-state index in [9.17, 15) is 4.79 Å². The van der Waals surface area contributed by atoms with Crippen molar-refractivity contribution >= 4 is 52.4 Å². The van der Waals surface area contributed by atoms with Crippen LogP contribution in [0, 0.1) is 0 Å². The predicted octanol–water partition coefficient (Wildman–Crippen LogP) is 5.67. The fourth-order valence-electron chi connectivity index (χ4n) is 1.60. The van der Waals surface area contributed by atoms with E-state index in [1.807, 2.05) is 0 Å². The molecule has 2 aromatic carbocycles. The van der Waals surface area contributed by atoms with Gasteiger partial charge in [0, 0.05) is 10.6 Å². The van der Waals surface area contributed by atoms with Crippen LogP contribution in [0.25, 0.3) is 11.1 Å². The highest BCUT2D eigenvalue weighted by molar-refractivity contribution is 6.44. The van der Waals surface area contributed by atoms with Crippen LogP contribution in [0.5, 0.6) is 0 Å². The summed E-state index contributed by atoms with van der Waals surface area (Å²) >= 11 is 23.8. The van der Waals surface area contributed by atoms with E-state index in [2.05, 4.69) is 0 Å². The van der Waals surface area contributed by atoms with Gasteiger partial charge in [-0.05, 0) is 29.8 Å². The summed E-state index contributed by atoms with van der Waals surface area (Å²) in [6, 6.07) is 7.69. The van der Waals surface area contributed by atoms with Gasteiger partial charge in [-0.2, -0.15) is 0 Å². The molecule has 0 saturated carbocycles. The van der Waals surface area contributed by atoms with Gasteiger partial charge >= 0.3 is 5.97 Å². The first-order valence-electron chi connectivity index (χ1n) is 5.08. The molecule has 2 aromatic rings. The highest BCUT2D eigenvalue weighted by Crippen LogP contribution is 2.36. The Bertz CT molecular complexity index is 668. The second-order valence-corrected chi connectivity index (χ2v) is 5.37. The summed E-state index contributed by atoms with van der Waals surface area (Å²) in [5, 5.41) is 10.2. The van der Waals surface area contributed by atoms with Crippen LogP contribution in [-0.4, -0.2) is 11.1 Å². The molecule has 0 aliphatic heterocycles. The van der Waals surface area contributed by atoms with Crippen molar-refractivity contribution in [1.29, 1.82) is 0 Å². The van der Waals surface area contributed by atoms with Crippen molar-refractivity contribution in [2.24, 2.45) is 0 Å². The van der Waals surface area contributed by atoms with Gasteiger partial charge in [0.2, 0.25) is 0 Å². The second kappa shape index (κ2) is 5.59. The normalized spacial score (nSPS) is 10.5. The van der Waals surface area contributed by atoms with Crippen molar-refractivity contribution in [1.82, 2.24) is 0 Å². The van der Waals surface area contributed by atoms with Crippen LogP contribution in [0.15, 0.2) is 30.3 Å². The summed E-state index contributed by atoms with van der Waals surface area (Å²) in [4.78, 5) is 10.9. The van der Waals surface area contributed by atoms with Gasteiger partial charge in [-0.3, -0.25) is 0 Å². The largest absolute Gasteiger partial charge is 0.478 e. The van der Waals surface area contributed by atoms with Gasteiger partial charge in [0.25, 0.3) is 0 Å². The Labute approximate surface area is 129 Å². The topological polar surface area (TPSA) is 37.3 Å². The molecule has 6 heteroatoms. The molecule has 98 valence electrons. The monoisotopic (exact) mass is 334 g/mol. The summed E-state index contributed by atoms with van der Waals surface area (Å²) in [5.41, 5.74) is 1.33. The maximum atomic E-state index is 10.9. The zero-order chi connectivity index (χ0) is 14.2. The minimum Gasteiger partial charge on any atom is -0.478 e. The molecular formula is C13H6Cl4O2. The molecule has 0 bridgehead atoms. The molecular weight excluding hydrogens is 330 g/mol. The van der Waals surface area contributed by atoms with E-state index in [1.54, 1.807) is 12.1 Å². The molecule has 2 rings (SSSR count). The number of aromatic carboxylic acids is 1. The summed E-state index contributed by atoms with van der Waals surface area (Å²) in [6.07, 6.45) is 0. The first-order valence-corrected chi connectivity index (χ1v) is 6.59. The molecule has 0 amide bonds. The maximum Gasteiger partial charge on any atom is 0.337 e. The summed E-state index contributed by atoms with van der Waals surface area (Å²) < 4.78 is 0. The van der Waals surface area contributed by atoms with Crippen LogP contribution in [0.4, 0.5) is 0 Å². The number of carboxylic acid groups (broad SMARTS) is 1. The van der Waals surface area contributed by atoms with Crippen LogP contribution >= 0.6 is 46.4 Å². The quantitative estimate of drug-likeness (QED) is 0.718. The molecule has 0 atom stereocenters. The lowest BCUT2D eigenvalue weighted by molar-refractivity contribution is 0.0697. The number of rotatable bonds is 2. The molecule has 0 aliphatic carbocycles. The number of benzene rings is 2. The van der Waals surface area contributed by atoms with Crippen molar-refractivity contribution in [2.75, 3.05) is 0 Å². The molecule has 0 aliphatic rings. The van der Waals surface area contributed by atoms with Gasteiger partial charge < -0.3 is 5.11 Å². The average Bonchev–Trinajstić information content (AvgIpc) is 2.33. The molecule has 0 radical (unpaired) electrons. The first kappa shape index (κ1) is 14.5. The Morgan fingerprint density at radius 3 is 2.05 bits per heavy atom. The van der Waals surface area contributed by atoms with Gasteiger partial charge in [0.1, 0.15) is 0 Å². The number of halogens is 4. The lowest BCUT2D eigenvalue weighted by Gasteiger charge is -2.08. The van der Waals surface area contributed by atoms with E-state index in [0.717, 1.165) is 0 Å². The van der Waals surface area contributed by atoms with Crippen LogP contribution in [-0.2, 0) is 0 Å². The maximum absolute atomic E-state index is 10.9. The van der Waals surface area contributed by atoms with Crippen molar-refractivity contribution in [3.63, 3.8) is 0 Å². The Hall–Kier alpha value is -0.930. The zero-order valence-corrected chi connectivity index (χ0v) is 12.3. The molecule has 2 nitrogen and oxygen atoms in total.